The highest BCUT2D eigenvalue weighted by Crippen LogP contribution is 2.03. The molecule has 11 heavy (non-hydrogen) atoms. The lowest BCUT2D eigenvalue weighted by atomic mass is 10.2. The van der Waals surface area contributed by atoms with Gasteiger partial charge < -0.3 is 4.90 Å². The monoisotopic (exact) mass is 157 g/mol. The Morgan fingerprint density at radius 2 is 2.00 bits per heavy atom. The van der Waals surface area contributed by atoms with Crippen molar-refractivity contribution in [2.24, 2.45) is 11.0 Å². The number of hydrogen-bond donors (Lipinski definition) is 1. The summed E-state index contributed by atoms with van der Waals surface area (Å²) in [5.41, 5.74) is 2.92. The van der Waals surface area contributed by atoms with E-state index in [9.17, 15) is 0 Å². The Bertz CT molecular complexity index is 129. The van der Waals surface area contributed by atoms with E-state index in [0.29, 0.717) is 5.92 Å². The molecule has 0 amide bonds. The van der Waals surface area contributed by atoms with Gasteiger partial charge in [-0.15, -0.1) is 0 Å². The van der Waals surface area contributed by atoms with E-state index in [-0.39, 0.29) is 0 Å². The molecule has 0 saturated heterocycles. The fourth-order valence-corrected chi connectivity index (χ4v) is 0.959. The molecule has 0 radical (unpaired) electrons. The molecule has 1 heterocycles. The van der Waals surface area contributed by atoms with Crippen LogP contribution in [0.25, 0.3) is 0 Å². The first-order valence-electron chi connectivity index (χ1n) is 4.23. The molecule has 0 aromatic heterocycles. The number of nitrogens with zero attached hydrogens (tertiary/aromatic N) is 2. The van der Waals surface area contributed by atoms with Gasteiger partial charge in [-0.1, -0.05) is 27.7 Å². The Morgan fingerprint density at radius 1 is 1.45 bits per heavy atom. The summed E-state index contributed by atoms with van der Waals surface area (Å²) >= 11 is 0. The van der Waals surface area contributed by atoms with Crippen LogP contribution in [0.3, 0.4) is 0 Å². The third-order valence-corrected chi connectivity index (χ3v) is 1.41. The number of nitrogens with one attached hydrogen (secondary N) is 1. The maximum absolute atomic E-state index is 4.11. The first-order chi connectivity index (χ1) is 5.22. The van der Waals surface area contributed by atoms with Gasteiger partial charge in [-0.05, 0) is 0 Å². The van der Waals surface area contributed by atoms with E-state index in [2.05, 4.69) is 29.3 Å². The maximum Gasteiger partial charge on any atom is 0.128 e. The standard InChI is InChI=1S/C6H13N3.C2H6/c1-5(2)6-8-7-4-9(6)3;1-2/h5,7H,4H2,1-3H3;1-2H3. The number of hydrazone groups is 1. The lowest BCUT2D eigenvalue weighted by Crippen LogP contribution is -2.27. The smallest absolute Gasteiger partial charge is 0.128 e. The highest BCUT2D eigenvalue weighted by atomic mass is 15.5. The molecule has 1 rings (SSSR count). The molecule has 3 nitrogen and oxygen atoms in total. The van der Waals surface area contributed by atoms with Crippen LogP contribution >= 0.6 is 0 Å². The zero-order chi connectivity index (χ0) is 8.85. The van der Waals surface area contributed by atoms with Crippen LogP contribution in [0.2, 0.25) is 0 Å². The second-order valence-corrected chi connectivity index (χ2v) is 2.64. The zero-order valence-corrected chi connectivity index (χ0v) is 8.18. The molecule has 0 bridgehead atoms. The topological polar surface area (TPSA) is 27.6 Å². The lowest BCUT2D eigenvalue weighted by molar-refractivity contribution is 0.489. The van der Waals surface area contributed by atoms with Gasteiger partial charge in [-0.3, -0.25) is 5.43 Å². The fourth-order valence-electron chi connectivity index (χ4n) is 0.959. The predicted molar refractivity (Wildman–Crippen MR) is 49.4 cm³/mol. The Kier molecular flexibility index (Phi) is 4.66. The third-order valence-electron chi connectivity index (χ3n) is 1.41. The molecular formula is C8H19N3. The molecule has 0 saturated carbocycles. The molecule has 1 aliphatic heterocycles. The summed E-state index contributed by atoms with van der Waals surface area (Å²) in [6.45, 7) is 9.14. The summed E-state index contributed by atoms with van der Waals surface area (Å²) in [6, 6.07) is 0. The predicted octanol–water partition coefficient (Wildman–Crippen LogP) is 1.47. The van der Waals surface area contributed by atoms with Gasteiger partial charge in [0.1, 0.15) is 12.5 Å². The van der Waals surface area contributed by atoms with Crippen LogP contribution in [-0.4, -0.2) is 24.5 Å². The van der Waals surface area contributed by atoms with Crippen molar-refractivity contribution in [3.05, 3.63) is 0 Å². The Hall–Kier alpha value is -0.730. The number of hydrogen-bond acceptors (Lipinski definition) is 3. The van der Waals surface area contributed by atoms with Crippen molar-refractivity contribution in [3.63, 3.8) is 0 Å². The van der Waals surface area contributed by atoms with Gasteiger partial charge in [0.2, 0.25) is 0 Å². The SMILES string of the molecule is CC.CC(C)C1=NNCN1C. The molecule has 1 aliphatic rings. The molecule has 0 fully saturated rings. The van der Waals surface area contributed by atoms with Crippen LogP contribution in [0, 0.1) is 5.92 Å². The van der Waals surface area contributed by atoms with Crippen molar-refractivity contribution < 1.29 is 0 Å². The molecule has 3 heteroatoms. The van der Waals surface area contributed by atoms with Gasteiger partial charge >= 0.3 is 0 Å². The molecule has 0 unspecified atom stereocenters. The van der Waals surface area contributed by atoms with Crippen LogP contribution < -0.4 is 5.43 Å². The Balaban J connectivity index is 0.000000461. The molecular weight excluding hydrogens is 138 g/mol. The minimum Gasteiger partial charge on any atom is -0.343 e. The highest BCUT2D eigenvalue weighted by Gasteiger charge is 2.14. The summed E-state index contributed by atoms with van der Waals surface area (Å²) in [5, 5.41) is 4.11. The second-order valence-electron chi connectivity index (χ2n) is 2.64. The largest absolute Gasteiger partial charge is 0.343 e. The molecule has 0 aromatic rings. The minimum absolute atomic E-state index is 0.532. The van der Waals surface area contributed by atoms with Gasteiger partial charge in [0.15, 0.2) is 0 Å². The van der Waals surface area contributed by atoms with Crippen LogP contribution in [0.4, 0.5) is 0 Å². The third kappa shape index (κ3) is 2.78. The summed E-state index contributed by atoms with van der Waals surface area (Å²) in [6.07, 6.45) is 0. The van der Waals surface area contributed by atoms with E-state index < -0.39 is 0 Å². The quantitative estimate of drug-likeness (QED) is 0.624. The van der Waals surface area contributed by atoms with Gasteiger partial charge in [-0.2, -0.15) is 5.10 Å². The molecule has 1 N–H and O–H groups in total. The van der Waals surface area contributed by atoms with Gasteiger partial charge in [-0.25, -0.2) is 0 Å². The Morgan fingerprint density at radius 3 is 2.18 bits per heavy atom. The lowest BCUT2D eigenvalue weighted by Gasteiger charge is -2.13. The van der Waals surface area contributed by atoms with Gasteiger partial charge in [0.05, 0.1) is 0 Å². The van der Waals surface area contributed by atoms with Crippen molar-refractivity contribution in [1.82, 2.24) is 10.3 Å². The fraction of sp³-hybridized carbons (Fsp3) is 0.875. The van der Waals surface area contributed by atoms with E-state index in [4.69, 9.17) is 0 Å². The van der Waals surface area contributed by atoms with Crippen molar-refractivity contribution in [2.45, 2.75) is 27.7 Å². The normalized spacial score (nSPS) is 15.5. The zero-order valence-electron chi connectivity index (χ0n) is 8.18. The van der Waals surface area contributed by atoms with Crippen LogP contribution in [-0.2, 0) is 0 Å². The van der Waals surface area contributed by atoms with E-state index >= 15 is 0 Å². The first kappa shape index (κ1) is 10.3. The second kappa shape index (κ2) is 4.99. The van der Waals surface area contributed by atoms with Crippen LogP contribution in [0.1, 0.15) is 27.7 Å². The maximum atomic E-state index is 4.11. The van der Waals surface area contributed by atoms with Crippen molar-refractivity contribution in [1.29, 1.82) is 0 Å². The van der Waals surface area contributed by atoms with Crippen molar-refractivity contribution in [2.75, 3.05) is 13.7 Å². The molecule has 66 valence electrons. The molecule has 0 spiro atoms. The number of rotatable bonds is 1. The van der Waals surface area contributed by atoms with E-state index in [1.807, 2.05) is 20.9 Å². The first-order valence-corrected chi connectivity index (χ1v) is 4.23. The molecule has 0 aliphatic carbocycles. The van der Waals surface area contributed by atoms with Crippen molar-refractivity contribution >= 4 is 5.84 Å². The average molecular weight is 157 g/mol. The van der Waals surface area contributed by atoms with E-state index in [1.165, 1.54) is 0 Å². The van der Waals surface area contributed by atoms with E-state index in [1.54, 1.807) is 0 Å². The average Bonchev–Trinajstić information content (AvgIpc) is 2.39. The van der Waals surface area contributed by atoms with Crippen LogP contribution in [0.15, 0.2) is 5.10 Å². The summed E-state index contributed by atoms with van der Waals surface area (Å²) < 4.78 is 0. The summed E-state index contributed by atoms with van der Waals surface area (Å²) in [7, 11) is 2.04. The summed E-state index contributed by atoms with van der Waals surface area (Å²) in [4.78, 5) is 2.12. The molecule has 0 atom stereocenters. The summed E-state index contributed by atoms with van der Waals surface area (Å²) in [5.74, 6) is 1.68. The van der Waals surface area contributed by atoms with Crippen LogP contribution in [0.5, 0.6) is 0 Å². The molecule has 0 aromatic carbocycles. The minimum atomic E-state index is 0.532. The Labute approximate surface area is 69.5 Å². The van der Waals surface area contributed by atoms with Crippen molar-refractivity contribution in [3.8, 4) is 0 Å². The van der Waals surface area contributed by atoms with Gasteiger partial charge in [0.25, 0.3) is 0 Å². The van der Waals surface area contributed by atoms with E-state index in [0.717, 1.165) is 12.5 Å². The highest BCUT2D eigenvalue weighted by molar-refractivity contribution is 5.84. The number of amidine groups is 1. The van der Waals surface area contributed by atoms with Gasteiger partial charge in [0, 0.05) is 13.0 Å².